The molecule has 1 unspecified atom stereocenters. The summed E-state index contributed by atoms with van der Waals surface area (Å²) in [4.78, 5) is 36.7. The molecule has 0 radical (unpaired) electrons. The lowest BCUT2D eigenvalue weighted by Crippen LogP contribution is -2.34. The molecule has 2 aromatic rings. The van der Waals surface area contributed by atoms with Crippen LogP contribution < -0.4 is 11.2 Å². The Kier molecular flexibility index (Phi) is 6.78. The Morgan fingerprint density at radius 1 is 1.28 bits per heavy atom. The molecular weight excluding hydrogens is 387 g/mol. The zero-order valence-electron chi connectivity index (χ0n) is 15.7. The summed E-state index contributed by atoms with van der Waals surface area (Å²) in [7, 11) is 0. The van der Waals surface area contributed by atoms with E-state index in [1.165, 1.54) is 0 Å². The fourth-order valence-corrected chi connectivity index (χ4v) is 2.96. The molecule has 3 rings (SSSR count). The molecule has 1 aliphatic rings. The van der Waals surface area contributed by atoms with Gasteiger partial charge in [0, 0.05) is 6.42 Å². The number of hydrogen-bond donors (Lipinski definition) is 1. The van der Waals surface area contributed by atoms with Gasteiger partial charge in [0.05, 0.1) is 25.5 Å². The molecule has 0 spiro atoms. The number of nitrogens with zero attached hydrogens (tertiary/aromatic N) is 1. The lowest BCUT2D eigenvalue weighted by atomic mass is 10.1. The highest BCUT2D eigenvalue weighted by molar-refractivity contribution is 5.59. The van der Waals surface area contributed by atoms with Gasteiger partial charge in [0.1, 0.15) is 18.9 Å². The summed E-state index contributed by atoms with van der Waals surface area (Å²) in [6.45, 7) is 1.90. The third-order valence-electron chi connectivity index (χ3n) is 4.35. The number of ether oxygens (including phenoxy) is 4. The van der Waals surface area contributed by atoms with Crippen LogP contribution in [0.25, 0.3) is 0 Å². The van der Waals surface area contributed by atoms with Crippen molar-refractivity contribution in [1.82, 2.24) is 9.55 Å². The van der Waals surface area contributed by atoms with Crippen molar-refractivity contribution in [3.05, 3.63) is 68.7 Å². The van der Waals surface area contributed by atoms with E-state index in [1.807, 2.05) is 35.3 Å². The maximum absolute atomic E-state index is 13.6. The van der Waals surface area contributed by atoms with Crippen LogP contribution in [0.2, 0.25) is 0 Å². The van der Waals surface area contributed by atoms with Crippen molar-refractivity contribution in [3.63, 3.8) is 0 Å². The number of halogens is 1. The fraction of sp³-hybridized carbons (Fsp3) is 0.421. The van der Waals surface area contributed by atoms with Crippen LogP contribution in [-0.2, 0) is 25.6 Å². The van der Waals surface area contributed by atoms with Gasteiger partial charge < -0.3 is 18.9 Å². The average molecular weight is 408 g/mol. The number of H-pyrrole nitrogens is 1. The smallest absolute Gasteiger partial charge is 0.435 e. The van der Waals surface area contributed by atoms with Crippen molar-refractivity contribution in [3.8, 4) is 0 Å². The van der Waals surface area contributed by atoms with Crippen LogP contribution in [-0.4, -0.2) is 41.1 Å². The second-order valence-electron chi connectivity index (χ2n) is 6.34. The number of carbonyl (C=O) groups is 1. The van der Waals surface area contributed by atoms with Crippen LogP contribution >= 0.6 is 0 Å². The zero-order valence-corrected chi connectivity index (χ0v) is 15.7. The SMILES string of the molecule is CCOC(=O)OC[C@@H]1O[C@H](n2cc(F)c(=O)[nH]c2=O)CC1OCc1ccccc1. The Labute approximate surface area is 165 Å². The Hall–Kier alpha value is -2.98. The van der Waals surface area contributed by atoms with Gasteiger partial charge in [-0.05, 0) is 12.5 Å². The van der Waals surface area contributed by atoms with Crippen molar-refractivity contribution in [2.45, 2.75) is 38.4 Å². The summed E-state index contributed by atoms with van der Waals surface area (Å²) in [5, 5.41) is 0. The normalized spacial score (nSPS) is 21.1. The molecule has 1 fully saturated rings. The zero-order chi connectivity index (χ0) is 20.8. The predicted molar refractivity (Wildman–Crippen MR) is 97.8 cm³/mol. The number of nitrogens with one attached hydrogen (secondary N) is 1. The second kappa shape index (κ2) is 9.48. The number of aromatic amines is 1. The number of benzene rings is 1. The topological polar surface area (TPSA) is 109 Å². The van der Waals surface area contributed by atoms with Crippen molar-refractivity contribution in [1.29, 1.82) is 0 Å². The van der Waals surface area contributed by atoms with Crippen LogP contribution in [0.4, 0.5) is 9.18 Å². The van der Waals surface area contributed by atoms with Crippen LogP contribution in [0.15, 0.2) is 46.1 Å². The van der Waals surface area contributed by atoms with Crippen molar-refractivity contribution < 1.29 is 28.1 Å². The molecule has 0 aliphatic carbocycles. The number of carbonyl (C=O) groups excluding carboxylic acids is 1. The summed E-state index contributed by atoms with van der Waals surface area (Å²) in [6, 6.07) is 9.40. The summed E-state index contributed by atoms with van der Waals surface area (Å²) >= 11 is 0. The van der Waals surface area contributed by atoms with E-state index in [0.717, 1.165) is 16.3 Å². The first-order valence-corrected chi connectivity index (χ1v) is 9.09. The molecule has 9 nitrogen and oxygen atoms in total. The third kappa shape index (κ3) is 5.30. The first kappa shape index (κ1) is 20.7. The highest BCUT2D eigenvalue weighted by atomic mass is 19.1. The fourth-order valence-electron chi connectivity index (χ4n) is 2.96. The molecule has 29 heavy (non-hydrogen) atoms. The van der Waals surface area contributed by atoms with Crippen LogP contribution in [0, 0.1) is 5.82 Å². The Balaban J connectivity index is 1.74. The average Bonchev–Trinajstić information content (AvgIpc) is 3.11. The number of aromatic nitrogens is 2. The van der Waals surface area contributed by atoms with Gasteiger partial charge >= 0.3 is 11.8 Å². The van der Waals surface area contributed by atoms with E-state index in [2.05, 4.69) is 0 Å². The van der Waals surface area contributed by atoms with Crippen LogP contribution in [0.1, 0.15) is 25.1 Å². The molecule has 1 N–H and O–H groups in total. The highest BCUT2D eigenvalue weighted by Gasteiger charge is 2.38. The Morgan fingerprint density at radius 2 is 2.03 bits per heavy atom. The molecule has 1 aliphatic heterocycles. The minimum atomic E-state index is -1.11. The minimum Gasteiger partial charge on any atom is -0.435 e. The van der Waals surface area contributed by atoms with E-state index < -0.39 is 41.7 Å². The molecule has 10 heteroatoms. The molecule has 1 aromatic heterocycles. The van der Waals surface area contributed by atoms with E-state index >= 15 is 0 Å². The van der Waals surface area contributed by atoms with Gasteiger partial charge in [-0.1, -0.05) is 30.3 Å². The molecule has 1 aromatic carbocycles. The van der Waals surface area contributed by atoms with Crippen molar-refractivity contribution in [2.75, 3.05) is 13.2 Å². The Bertz CT molecular complexity index is 944. The quantitative estimate of drug-likeness (QED) is 0.695. The van der Waals surface area contributed by atoms with Crippen molar-refractivity contribution in [2.24, 2.45) is 0 Å². The monoisotopic (exact) mass is 408 g/mol. The van der Waals surface area contributed by atoms with Gasteiger partial charge in [-0.15, -0.1) is 0 Å². The summed E-state index contributed by atoms with van der Waals surface area (Å²) < 4.78 is 36.0. The summed E-state index contributed by atoms with van der Waals surface area (Å²) in [6.07, 6.45) is -2.03. The molecule has 3 atom stereocenters. The van der Waals surface area contributed by atoms with Gasteiger partial charge in [-0.2, -0.15) is 4.39 Å². The maximum Gasteiger partial charge on any atom is 0.508 e. The second-order valence-corrected chi connectivity index (χ2v) is 6.34. The summed E-state index contributed by atoms with van der Waals surface area (Å²) in [5.74, 6) is -1.11. The van der Waals surface area contributed by atoms with E-state index in [9.17, 15) is 18.8 Å². The molecule has 1 saturated heterocycles. The lowest BCUT2D eigenvalue weighted by Gasteiger charge is -2.18. The van der Waals surface area contributed by atoms with Gasteiger partial charge in [0.15, 0.2) is 0 Å². The number of rotatable bonds is 7. The molecular formula is C19H21FN2O7. The predicted octanol–water partition coefficient (Wildman–Crippen LogP) is 1.72. The lowest BCUT2D eigenvalue weighted by molar-refractivity contribution is -0.0751. The largest absolute Gasteiger partial charge is 0.508 e. The van der Waals surface area contributed by atoms with Crippen molar-refractivity contribution >= 4 is 6.16 Å². The first-order chi connectivity index (χ1) is 14.0. The van der Waals surface area contributed by atoms with E-state index in [4.69, 9.17) is 18.9 Å². The van der Waals surface area contributed by atoms with Gasteiger partial charge in [0.2, 0.25) is 5.82 Å². The highest BCUT2D eigenvalue weighted by Crippen LogP contribution is 2.30. The van der Waals surface area contributed by atoms with E-state index in [0.29, 0.717) is 0 Å². The minimum absolute atomic E-state index is 0.160. The molecule has 2 heterocycles. The van der Waals surface area contributed by atoms with Gasteiger partial charge in [-0.3, -0.25) is 14.3 Å². The standard InChI is InChI=1S/C19H21FN2O7/c1-2-26-19(25)28-11-15-14(27-10-12-6-4-3-5-7-12)8-16(29-15)22-9-13(20)17(23)21-18(22)24/h3-7,9,14-16H,2,8,10-11H2,1H3,(H,21,23,24)/t14?,15-,16-/m0/s1. The molecule has 0 bridgehead atoms. The molecule has 156 valence electrons. The van der Waals surface area contributed by atoms with E-state index in [1.54, 1.807) is 6.92 Å². The summed E-state index contributed by atoms with van der Waals surface area (Å²) in [5.41, 5.74) is -0.994. The third-order valence-corrected chi connectivity index (χ3v) is 4.35. The molecule has 0 saturated carbocycles. The first-order valence-electron chi connectivity index (χ1n) is 9.09. The van der Waals surface area contributed by atoms with Gasteiger partial charge in [-0.25, -0.2) is 9.59 Å². The van der Waals surface area contributed by atoms with Gasteiger partial charge in [0.25, 0.3) is 5.56 Å². The van der Waals surface area contributed by atoms with Crippen LogP contribution in [0.3, 0.4) is 0 Å². The molecule has 0 amide bonds. The maximum atomic E-state index is 13.6. The van der Waals surface area contributed by atoms with Crippen LogP contribution in [0.5, 0.6) is 0 Å². The van der Waals surface area contributed by atoms with E-state index in [-0.39, 0.29) is 26.2 Å². The Morgan fingerprint density at radius 3 is 2.76 bits per heavy atom. The number of hydrogen-bond acceptors (Lipinski definition) is 7.